The SMILES string of the molecule is CCn1c(=O)sc2cc(NC(=O)Cc3ccccc3F)ccc21. The number of aryl methyl sites for hydroxylation is 1. The highest BCUT2D eigenvalue weighted by Gasteiger charge is 2.10. The van der Waals surface area contributed by atoms with Gasteiger partial charge in [0.25, 0.3) is 0 Å². The van der Waals surface area contributed by atoms with Crippen LogP contribution in [-0.2, 0) is 17.8 Å². The lowest BCUT2D eigenvalue weighted by molar-refractivity contribution is -0.115. The molecule has 0 aliphatic heterocycles. The summed E-state index contributed by atoms with van der Waals surface area (Å²) in [5.41, 5.74) is 1.81. The van der Waals surface area contributed by atoms with Crippen molar-refractivity contribution < 1.29 is 9.18 Å². The number of carbonyl (C=O) groups is 1. The summed E-state index contributed by atoms with van der Waals surface area (Å²) < 4.78 is 16.1. The molecule has 118 valence electrons. The third-order valence-corrected chi connectivity index (χ3v) is 4.52. The molecule has 1 N–H and O–H groups in total. The van der Waals surface area contributed by atoms with E-state index in [1.807, 2.05) is 13.0 Å². The van der Waals surface area contributed by atoms with E-state index in [0.717, 1.165) is 21.6 Å². The van der Waals surface area contributed by atoms with Gasteiger partial charge in [-0.3, -0.25) is 14.2 Å². The van der Waals surface area contributed by atoms with Crippen molar-refractivity contribution in [3.05, 3.63) is 63.5 Å². The maximum Gasteiger partial charge on any atom is 0.308 e. The van der Waals surface area contributed by atoms with Crippen molar-refractivity contribution in [2.45, 2.75) is 19.9 Å². The Balaban J connectivity index is 1.80. The van der Waals surface area contributed by atoms with Gasteiger partial charge in [-0.15, -0.1) is 0 Å². The Kier molecular flexibility index (Phi) is 4.25. The van der Waals surface area contributed by atoms with Gasteiger partial charge in [-0.05, 0) is 36.8 Å². The number of hydrogen-bond donors (Lipinski definition) is 1. The van der Waals surface area contributed by atoms with Crippen molar-refractivity contribution in [1.82, 2.24) is 4.57 Å². The lowest BCUT2D eigenvalue weighted by Crippen LogP contribution is -2.15. The average Bonchev–Trinajstić information content (AvgIpc) is 2.83. The molecule has 6 heteroatoms. The number of hydrogen-bond acceptors (Lipinski definition) is 3. The first-order valence-corrected chi connectivity index (χ1v) is 8.07. The van der Waals surface area contributed by atoms with Gasteiger partial charge in [0, 0.05) is 12.2 Å². The normalized spacial score (nSPS) is 10.9. The summed E-state index contributed by atoms with van der Waals surface area (Å²) in [6, 6.07) is 11.5. The quantitative estimate of drug-likeness (QED) is 0.797. The maximum atomic E-state index is 13.6. The number of amides is 1. The number of halogens is 1. The summed E-state index contributed by atoms with van der Waals surface area (Å²) in [6.07, 6.45) is -0.0308. The van der Waals surface area contributed by atoms with Crippen molar-refractivity contribution >= 4 is 33.1 Å². The molecule has 0 unspecified atom stereocenters. The van der Waals surface area contributed by atoms with Crippen LogP contribution in [0.3, 0.4) is 0 Å². The van der Waals surface area contributed by atoms with Gasteiger partial charge in [0.1, 0.15) is 5.82 Å². The Hall–Kier alpha value is -2.47. The van der Waals surface area contributed by atoms with Gasteiger partial charge in [-0.1, -0.05) is 29.5 Å². The smallest absolute Gasteiger partial charge is 0.308 e. The number of carbonyl (C=O) groups excluding carboxylic acids is 1. The summed E-state index contributed by atoms with van der Waals surface area (Å²) >= 11 is 1.15. The van der Waals surface area contributed by atoms with Crippen molar-refractivity contribution in [3.63, 3.8) is 0 Å². The predicted octanol–water partition coefficient (Wildman–Crippen LogP) is 3.40. The molecule has 0 saturated carbocycles. The first kappa shape index (κ1) is 15.4. The molecule has 0 bridgehead atoms. The highest BCUT2D eigenvalue weighted by atomic mass is 32.1. The molecule has 4 nitrogen and oxygen atoms in total. The predicted molar refractivity (Wildman–Crippen MR) is 90.5 cm³/mol. The molecule has 0 fully saturated rings. The molecule has 23 heavy (non-hydrogen) atoms. The summed E-state index contributed by atoms with van der Waals surface area (Å²) in [6.45, 7) is 2.52. The number of nitrogens with zero attached hydrogens (tertiary/aromatic N) is 1. The fraction of sp³-hybridized carbons (Fsp3) is 0.176. The highest BCUT2D eigenvalue weighted by molar-refractivity contribution is 7.16. The van der Waals surface area contributed by atoms with E-state index < -0.39 is 5.82 Å². The first-order chi connectivity index (χ1) is 11.1. The maximum absolute atomic E-state index is 13.6. The standard InChI is InChI=1S/C17H15FN2O2S/c1-2-20-14-8-7-12(10-15(14)23-17(20)22)19-16(21)9-11-5-3-4-6-13(11)18/h3-8,10H,2,9H2,1H3,(H,19,21). The molecule has 0 saturated heterocycles. The van der Waals surface area contributed by atoms with Gasteiger partial charge in [-0.2, -0.15) is 0 Å². The number of nitrogens with one attached hydrogen (secondary N) is 1. The molecule has 1 heterocycles. The van der Waals surface area contributed by atoms with Crippen LogP contribution in [0.15, 0.2) is 47.3 Å². The molecule has 3 rings (SSSR count). The summed E-state index contributed by atoms with van der Waals surface area (Å²) in [4.78, 5) is 23.9. The Morgan fingerprint density at radius 1 is 1.26 bits per heavy atom. The molecule has 2 aromatic carbocycles. The highest BCUT2D eigenvalue weighted by Crippen LogP contribution is 2.22. The molecule has 1 amide bonds. The molecular formula is C17H15FN2O2S. The van der Waals surface area contributed by atoms with Gasteiger partial charge in [0.15, 0.2) is 0 Å². The van der Waals surface area contributed by atoms with Crippen molar-refractivity contribution in [2.24, 2.45) is 0 Å². The van der Waals surface area contributed by atoms with Gasteiger partial charge in [-0.25, -0.2) is 4.39 Å². The van der Waals surface area contributed by atoms with E-state index in [4.69, 9.17) is 0 Å². The van der Waals surface area contributed by atoms with Crippen LogP contribution < -0.4 is 10.2 Å². The molecular weight excluding hydrogens is 315 g/mol. The van der Waals surface area contributed by atoms with Crippen molar-refractivity contribution in [1.29, 1.82) is 0 Å². The summed E-state index contributed by atoms with van der Waals surface area (Å²) in [5, 5.41) is 2.75. The average molecular weight is 330 g/mol. The fourth-order valence-electron chi connectivity index (χ4n) is 2.46. The van der Waals surface area contributed by atoms with Gasteiger partial charge < -0.3 is 5.32 Å². The Labute approximate surface area is 136 Å². The lowest BCUT2D eigenvalue weighted by Gasteiger charge is -2.06. The van der Waals surface area contributed by atoms with Gasteiger partial charge in [0.2, 0.25) is 5.91 Å². The topological polar surface area (TPSA) is 51.1 Å². The minimum atomic E-state index is -0.392. The molecule has 0 atom stereocenters. The largest absolute Gasteiger partial charge is 0.326 e. The van der Waals surface area contributed by atoms with Crippen LogP contribution in [-0.4, -0.2) is 10.5 Å². The van der Waals surface area contributed by atoms with Gasteiger partial charge in [0.05, 0.1) is 16.6 Å². The molecule has 0 radical (unpaired) electrons. The second kappa shape index (κ2) is 6.34. The van der Waals surface area contributed by atoms with E-state index in [1.54, 1.807) is 34.9 Å². The van der Waals surface area contributed by atoms with Crippen LogP contribution in [0.4, 0.5) is 10.1 Å². The minimum Gasteiger partial charge on any atom is -0.326 e. The zero-order valence-electron chi connectivity index (χ0n) is 12.5. The van der Waals surface area contributed by atoms with E-state index >= 15 is 0 Å². The number of fused-ring (bicyclic) bond motifs is 1. The molecule has 0 aliphatic rings. The Morgan fingerprint density at radius 3 is 2.78 bits per heavy atom. The fourth-order valence-corrected chi connectivity index (χ4v) is 3.46. The second-order valence-corrected chi connectivity index (χ2v) is 6.10. The molecule has 0 aliphatic carbocycles. The number of anilines is 1. The first-order valence-electron chi connectivity index (χ1n) is 7.25. The Bertz CT molecular complexity index is 930. The van der Waals surface area contributed by atoms with Gasteiger partial charge >= 0.3 is 4.87 Å². The van der Waals surface area contributed by atoms with Crippen LogP contribution in [0, 0.1) is 5.82 Å². The third-order valence-electron chi connectivity index (χ3n) is 3.58. The lowest BCUT2D eigenvalue weighted by atomic mass is 10.1. The van der Waals surface area contributed by atoms with Crippen LogP contribution in [0.2, 0.25) is 0 Å². The van der Waals surface area contributed by atoms with Crippen molar-refractivity contribution in [2.75, 3.05) is 5.32 Å². The van der Waals surface area contributed by atoms with Crippen LogP contribution in [0.1, 0.15) is 12.5 Å². The minimum absolute atomic E-state index is 0.0164. The van der Waals surface area contributed by atoms with Crippen molar-refractivity contribution in [3.8, 4) is 0 Å². The monoisotopic (exact) mass is 330 g/mol. The molecule has 1 aromatic heterocycles. The molecule has 0 spiro atoms. The number of aromatic nitrogens is 1. The molecule has 3 aromatic rings. The zero-order valence-corrected chi connectivity index (χ0v) is 13.3. The van der Waals surface area contributed by atoms with E-state index in [1.165, 1.54) is 6.07 Å². The summed E-state index contributed by atoms with van der Waals surface area (Å²) in [7, 11) is 0. The van der Waals surface area contributed by atoms with E-state index in [-0.39, 0.29) is 17.2 Å². The number of thiazole rings is 1. The number of benzene rings is 2. The third kappa shape index (κ3) is 3.17. The van der Waals surface area contributed by atoms with Crippen LogP contribution in [0.25, 0.3) is 10.2 Å². The number of rotatable bonds is 4. The van der Waals surface area contributed by atoms with E-state index in [2.05, 4.69) is 5.32 Å². The van der Waals surface area contributed by atoms with Crippen LogP contribution in [0.5, 0.6) is 0 Å². The van der Waals surface area contributed by atoms with E-state index in [9.17, 15) is 14.0 Å². The summed E-state index contributed by atoms with van der Waals surface area (Å²) in [5.74, 6) is -0.687. The second-order valence-electron chi connectivity index (χ2n) is 5.11. The Morgan fingerprint density at radius 2 is 2.04 bits per heavy atom. The van der Waals surface area contributed by atoms with Crippen LogP contribution >= 0.6 is 11.3 Å². The zero-order chi connectivity index (χ0) is 16.4. The van der Waals surface area contributed by atoms with E-state index in [0.29, 0.717) is 17.8 Å².